The summed E-state index contributed by atoms with van der Waals surface area (Å²) >= 11 is 0. The smallest absolute Gasteiger partial charge is 0.309 e. The molecule has 0 fully saturated rings. The third kappa shape index (κ3) is 8.12. The predicted molar refractivity (Wildman–Crippen MR) is 61.1 cm³/mol. The van der Waals surface area contributed by atoms with E-state index in [0.717, 1.165) is 0 Å². The van der Waals surface area contributed by atoms with Gasteiger partial charge in [-0.15, -0.1) is 0 Å². The Morgan fingerprint density at radius 3 is 2.53 bits per heavy atom. The molecule has 0 spiro atoms. The number of hydrogen-bond acceptors (Lipinski definition) is 5. The molecule has 0 bridgehead atoms. The second kappa shape index (κ2) is 8.43. The summed E-state index contributed by atoms with van der Waals surface area (Å²) in [5.41, 5.74) is 0. The molecule has 0 saturated heterocycles. The molecule has 0 rings (SSSR count). The molecule has 0 aliphatic rings. The first-order valence-corrected chi connectivity index (χ1v) is 5.32. The van der Waals surface area contributed by atoms with Crippen LogP contribution in [0.25, 0.3) is 0 Å². The fourth-order valence-electron chi connectivity index (χ4n) is 1.20. The minimum absolute atomic E-state index is 0.0598. The van der Waals surface area contributed by atoms with Gasteiger partial charge in [0.2, 0.25) is 6.04 Å². The van der Waals surface area contributed by atoms with Crippen molar-refractivity contribution in [1.82, 2.24) is 0 Å². The zero-order valence-electron chi connectivity index (χ0n) is 10.0. The molecule has 1 unspecified atom stereocenters. The number of ketones is 1. The maximum atomic E-state index is 10.8. The number of nitro groups is 1. The molecule has 0 aliphatic heterocycles. The van der Waals surface area contributed by atoms with Crippen molar-refractivity contribution in [1.29, 1.82) is 0 Å². The lowest BCUT2D eigenvalue weighted by molar-refractivity contribution is -0.522. The first-order valence-electron chi connectivity index (χ1n) is 5.32. The summed E-state index contributed by atoms with van der Waals surface area (Å²) in [6.45, 7) is 1.41. The van der Waals surface area contributed by atoms with Crippen LogP contribution in [-0.2, 0) is 14.3 Å². The van der Waals surface area contributed by atoms with Crippen LogP contribution < -0.4 is 0 Å². The number of esters is 1. The van der Waals surface area contributed by atoms with Crippen LogP contribution in [0.5, 0.6) is 0 Å². The number of nitrogens with zero attached hydrogens (tertiary/aromatic N) is 1. The van der Waals surface area contributed by atoms with Gasteiger partial charge in [-0.3, -0.25) is 14.9 Å². The van der Waals surface area contributed by atoms with Crippen LogP contribution >= 0.6 is 0 Å². The van der Waals surface area contributed by atoms with Crippen LogP contribution in [0.3, 0.4) is 0 Å². The Morgan fingerprint density at radius 1 is 1.41 bits per heavy atom. The molecule has 0 aromatic carbocycles. The summed E-state index contributed by atoms with van der Waals surface area (Å²) in [7, 11) is 1.28. The SMILES string of the molecule is COC(=O)C/C=C/CC(CCC(C)=O)[N+](=O)[O-]. The molecule has 96 valence electrons. The van der Waals surface area contributed by atoms with Gasteiger partial charge in [0.05, 0.1) is 13.5 Å². The lowest BCUT2D eigenvalue weighted by Crippen LogP contribution is -2.19. The first-order chi connectivity index (χ1) is 7.97. The number of Topliss-reactive ketones (excluding diaryl/α,β-unsaturated/α-hetero) is 1. The van der Waals surface area contributed by atoms with E-state index in [9.17, 15) is 19.7 Å². The Kier molecular flexibility index (Phi) is 7.58. The molecule has 1 atom stereocenters. The Hall–Kier alpha value is -1.72. The molecule has 6 heteroatoms. The third-order valence-corrected chi connectivity index (χ3v) is 2.21. The quantitative estimate of drug-likeness (QED) is 0.279. The van der Waals surface area contributed by atoms with Gasteiger partial charge in [0.15, 0.2) is 0 Å². The van der Waals surface area contributed by atoms with Crippen LogP contribution in [0.1, 0.15) is 32.6 Å². The second-order valence-corrected chi connectivity index (χ2v) is 3.67. The van der Waals surface area contributed by atoms with Gasteiger partial charge in [-0.2, -0.15) is 0 Å². The number of carbonyl (C=O) groups excluding carboxylic acids is 2. The fourth-order valence-corrected chi connectivity index (χ4v) is 1.20. The van der Waals surface area contributed by atoms with Gasteiger partial charge < -0.3 is 9.53 Å². The summed E-state index contributed by atoms with van der Waals surface area (Å²) in [4.78, 5) is 31.7. The first kappa shape index (κ1) is 15.3. The molecule has 0 aliphatic carbocycles. The van der Waals surface area contributed by atoms with Crippen molar-refractivity contribution in [3.05, 3.63) is 22.3 Å². The van der Waals surface area contributed by atoms with Gasteiger partial charge in [0.25, 0.3) is 0 Å². The van der Waals surface area contributed by atoms with Crippen molar-refractivity contribution in [2.75, 3.05) is 7.11 Å². The number of ether oxygens (including phenoxy) is 1. The monoisotopic (exact) mass is 243 g/mol. The van der Waals surface area contributed by atoms with Gasteiger partial charge in [0.1, 0.15) is 5.78 Å². The number of rotatable bonds is 8. The molecule has 0 saturated carbocycles. The summed E-state index contributed by atoms with van der Waals surface area (Å²) in [5, 5.41) is 10.7. The molecule has 17 heavy (non-hydrogen) atoms. The van der Waals surface area contributed by atoms with E-state index in [4.69, 9.17) is 0 Å². The van der Waals surface area contributed by atoms with Crippen LogP contribution in [0.2, 0.25) is 0 Å². The van der Waals surface area contributed by atoms with Crippen LogP contribution in [0, 0.1) is 10.1 Å². The molecule has 0 heterocycles. The van der Waals surface area contributed by atoms with E-state index in [1.54, 1.807) is 6.08 Å². The standard InChI is InChI=1S/C11H17NO5/c1-9(13)7-8-10(12(15)16)5-3-4-6-11(14)17-2/h3-4,10H,5-8H2,1-2H3/b4-3+. The largest absolute Gasteiger partial charge is 0.469 e. The number of carbonyl (C=O) groups is 2. The molecular formula is C11H17NO5. The van der Waals surface area contributed by atoms with Crippen molar-refractivity contribution >= 4 is 11.8 Å². The lowest BCUT2D eigenvalue weighted by atomic mass is 10.1. The van der Waals surface area contributed by atoms with Gasteiger partial charge in [0, 0.05) is 24.2 Å². The van der Waals surface area contributed by atoms with E-state index in [0.29, 0.717) is 0 Å². The minimum Gasteiger partial charge on any atom is -0.469 e. The third-order valence-electron chi connectivity index (χ3n) is 2.21. The van der Waals surface area contributed by atoms with Gasteiger partial charge in [-0.1, -0.05) is 12.2 Å². The normalized spacial score (nSPS) is 12.4. The van der Waals surface area contributed by atoms with Gasteiger partial charge in [-0.05, 0) is 6.92 Å². The highest BCUT2D eigenvalue weighted by atomic mass is 16.6. The highest BCUT2D eigenvalue weighted by Crippen LogP contribution is 2.08. The predicted octanol–water partition coefficient (Wildman–Crippen LogP) is 1.51. The van der Waals surface area contributed by atoms with E-state index >= 15 is 0 Å². The molecule has 0 amide bonds. The van der Waals surface area contributed by atoms with E-state index < -0.39 is 11.0 Å². The lowest BCUT2D eigenvalue weighted by Gasteiger charge is -2.05. The maximum absolute atomic E-state index is 10.8. The number of hydrogen-bond donors (Lipinski definition) is 0. The van der Waals surface area contributed by atoms with Crippen molar-refractivity contribution in [3.63, 3.8) is 0 Å². The molecule has 0 radical (unpaired) electrons. The van der Waals surface area contributed by atoms with E-state index in [-0.39, 0.29) is 37.4 Å². The summed E-state index contributed by atoms with van der Waals surface area (Å²) in [5.74, 6) is -0.446. The summed E-state index contributed by atoms with van der Waals surface area (Å²) in [6.07, 6.45) is 3.87. The van der Waals surface area contributed by atoms with Crippen molar-refractivity contribution in [3.8, 4) is 0 Å². The van der Waals surface area contributed by atoms with E-state index in [1.165, 1.54) is 20.1 Å². The molecular weight excluding hydrogens is 226 g/mol. The molecule has 0 aromatic heterocycles. The second-order valence-electron chi connectivity index (χ2n) is 3.67. The Bertz CT molecular complexity index is 311. The minimum atomic E-state index is -0.771. The van der Waals surface area contributed by atoms with Gasteiger partial charge in [-0.25, -0.2) is 0 Å². The average molecular weight is 243 g/mol. The van der Waals surface area contributed by atoms with Crippen LogP contribution in [0.15, 0.2) is 12.2 Å². The Labute approximate surface area is 99.8 Å². The zero-order valence-corrected chi connectivity index (χ0v) is 10.0. The van der Waals surface area contributed by atoms with Crippen LogP contribution in [0.4, 0.5) is 0 Å². The van der Waals surface area contributed by atoms with Crippen molar-refractivity contribution in [2.24, 2.45) is 0 Å². The van der Waals surface area contributed by atoms with E-state index in [2.05, 4.69) is 4.74 Å². The maximum Gasteiger partial charge on any atom is 0.309 e. The molecule has 0 N–H and O–H groups in total. The fraction of sp³-hybridized carbons (Fsp3) is 0.636. The molecule has 6 nitrogen and oxygen atoms in total. The zero-order chi connectivity index (χ0) is 13.3. The average Bonchev–Trinajstić information content (AvgIpc) is 2.26. The van der Waals surface area contributed by atoms with Crippen LogP contribution in [-0.4, -0.2) is 29.8 Å². The van der Waals surface area contributed by atoms with E-state index in [1.807, 2.05) is 0 Å². The summed E-state index contributed by atoms with van der Waals surface area (Å²) in [6, 6.07) is -0.771. The number of methoxy groups -OCH3 is 1. The Balaban J connectivity index is 4.04. The van der Waals surface area contributed by atoms with Crippen molar-refractivity contribution in [2.45, 2.75) is 38.6 Å². The Morgan fingerprint density at radius 2 is 2.06 bits per heavy atom. The van der Waals surface area contributed by atoms with Crippen molar-refractivity contribution < 1.29 is 19.2 Å². The highest BCUT2D eigenvalue weighted by Gasteiger charge is 2.18. The topological polar surface area (TPSA) is 86.5 Å². The highest BCUT2D eigenvalue weighted by molar-refractivity contribution is 5.75. The van der Waals surface area contributed by atoms with Gasteiger partial charge >= 0.3 is 5.97 Å². The summed E-state index contributed by atoms with van der Waals surface area (Å²) < 4.78 is 4.41. The molecule has 0 aromatic rings.